The normalized spacial score (nSPS) is 10.8. The lowest BCUT2D eigenvalue weighted by molar-refractivity contribution is -0.136. The molecule has 226 valence electrons. The molecule has 0 spiro atoms. The van der Waals surface area contributed by atoms with Crippen molar-refractivity contribution in [2.75, 3.05) is 52.8 Å². The summed E-state index contributed by atoms with van der Waals surface area (Å²) in [5.41, 5.74) is 3.02. The highest BCUT2D eigenvalue weighted by Crippen LogP contribution is 2.22. The maximum Gasteiger partial charge on any atom is 0.407 e. The van der Waals surface area contributed by atoms with E-state index in [9.17, 15) is 9.59 Å². The summed E-state index contributed by atoms with van der Waals surface area (Å²) in [4.78, 5) is 32.0. The molecule has 1 amide bonds. The van der Waals surface area contributed by atoms with Crippen LogP contribution in [0.4, 0.5) is 4.79 Å². The number of carboxylic acids is 1. The van der Waals surface area contributed by atoms with Crippen LogP contribution in [0.25, 0.3) is 11.4 Å². The molecule has 12 nitrogen and oxygen atoms in total. The first kappa shape index (κ1) is 32.4. The van der Waals surface area contributed by atoms with Crippen molar-refractivity contribution in [2.24, 2.45) is 0 Å². The zero-order chi connectivity index (χ0) is 29.8. The first-order valence-electron chi connectivity index (χ1n) is 13.6. The van der Waals surface area contributed by atoms with E-state index in [1.54, 1.807) is 12.3 Å². The van der Waals surface area contributed by atoms with Gasteiger partial charge in [0.2, 0.25) is 0 Å². The van der Waals surface area contributed by atoms with Gasteiger partial charge in [-0.1, -0.05) is 36.4 Å². The van der Waals surface area contributed by atoms with E-state index in [4.69, 9.17) is 33.9 Å². The average Bonchev–Trinajstić information content (AvgIpc) is 3.01. The van der Waals surface area contributed by atoms with Crippen LogP contribution in [0.1, 0.15) is 23.2 Å². The minimum atomic E-state index is -0.861. The molecule has 3 aromatic rings. The number of benzene rings is 2. The number of hydrogen-bond acceptors (Lipinski definition) is 10. The highest BCUT2D eigenvalue weighted by Gasteiger charge is 2.09. The zero-order valence-electron chi connectivity index (χ0n) is 23.4. The molecule has 0 aliphatic carbocycles. The van der Waals surface area contributed by atoms with Crippen molar-refractivity contribution in [3.8, 4) is 17.1 Å². The minimum Gasteiger partial charge on any atom is -0.487 e. The number of carbonyl (C=O) groups is 2. The number of aryl methyl sites for hydroxylation is 1. The summed E-state index contributed by atoms with van der Waals surface area (Å²) in [6, 6.07) is 16.5. The van der Waals surface area contributed by atoms with Gasteiger partial charge in [0.25, 0.3) is 0 Å². The number of hydrogen-bond donors (Lipinski definition) is 3. The van der Waals surface area contributed by atoms with E-state index in [-0.39, 0.29) is 26.2 Å². The van der Waals surface area contributed by atoms with Gasteiger partial charge in [0.15, 0.2) is 5.82 Å². The number of nitrogens with one attached hydrogen (secondary N) is 1. The van der Waals surface area contributed by atoms with Crippen LogP contribution in [-0.2, 0) is 43.4 Å². The number of para-hydroxylation sites is 1. The van der Waals surface area contributed by atoms with E-state index in [1.165, 1.54) is 0 Å². The lowest BCUT2D eigenvalue weighted by Gasteiger charge is -2.11. The smallest absolute Gasteiger partial charge is 0.407 e. The van der Waals surface area contributed by atoms with Crippen LogP contribution in [0.15, 0.2) is 60.8 Å². The Hall–Kier alpha value is -4.10. The molecule has 1 aromatic heterocycles. The molecule has 0 bridgehead atoms. The molecule has 2 aromatic carbocycles. The Morgan fingerprint density at radius 1 is 0.857 bits per heavy atom. The summed E-state index contributed by atoms with van der Waals surface area (Å²) in [5, 5.41) is 20.2. The number of ether oxygens (including phenoxy) is 5. The van der Waals surface area contributed by atoms with Crippen molar-refractivity contribution < 1.29 is 43.5 Å². The molecule has 0 aliphatic heterocycles. The molecule has 42 heavy (non-hydrogen) atoms. The molecule has 1 heterocycles. The zero-order valence-corrected chi connectivity index (χ0v) is 23.4. The predicted molar refractivity (Wildman–Crippen MR) is 152 cm³/mol. The van der Waals surface area contributed by atoms with Crippen molar-refractivity contribution >= 4 is 12.1 Å². The monoisotopic (exact) mass is 583 g/mol. The number of aromatic nitrogens is 2. The SMILES string of the molecule is O=C(O)CCc1ccccc1OCc1ccnc(-c2cccc(COC(=O)NCCOCCOCCOCCO)c2)n1. The third-order valence-corrected chi connectivity index (χ3v) is 5.72. The van der Waals surface area contributed by atoms with Crippen molar-refractivity contribution in [1.29, 1.82) is 0 Å². The van der Waals surface area contributed by atoms with Gasteiger partial charge in [0.1, 0.15) is 19.0 Å². The molecule has 0 saturated heterocycles. The third-order valence-electron chi connectivity index (χ3n) is 5.72. The second kappa shape index (κ2) is 19.1. The van der Waals surface area contributed by atoms with Gasteiger partial charge in [-0.25, -0.2) is 14.8 Å². The van der Waals surface area contributed by atoms with E-state index in [1.807, 2.05) is 48.5 Å². The summed E-state index contributed by atoms with van der Waals surface area (Å²) in [5.74, 6) is 0.258. The Labute approximate surface area is 244 Å². The van der Waals surface area contributed by atoms with Crippen molar-refractivity contribution in [3.63, 3.8) is 0 Å². The number of amides is 1. The molecule has 3 rings (SSSR count). The van der Waals surface area contributed by atoms with Crippen molar-refractivity contribution in [3.05, 3.63) is 77.6 Å². The summed E-state index contributed by atoms with van der Waals surface area (Å²) >= 11 is 0. The van der Waals surface area contributed by atoms with Crippen LogP contribution in [0.3, 0.4) is 0 Å². The molecular weight excluding hydrogens is 546 g/mol. The fraction of sp³-hybridized carbons (Fsp3) is 0.400. The number of nitrogens with zero attached hydrogens (tertiary/aromatic N) is 2. The molecule has 0 radical (unpaired) electrons. The van der Waals surface area contributed by atoms with Crippen molar-refractivity contribution in [1.82, 2.24) is 15.3 Å². The van der Waals surface area contributed by atoms with Gasteiger partial charge >= 0.3 is 12.1 Å². The maximum atomic E-state index is 12.1. The third kappa shape index (κ3) is 12.6. The summed E-state index contributed by atoms with van der Waals surface area (Å²) in [6.45, 7) is 2.80. The molecular formula is C30H37N3O9. The average molecular weight is 584 g/mol. The van der Waals surface area contributed by atoms with Gasteiger partial charge in [-0.05, 0) is 35.7 Å². The number of aliphatic hydroxyl groups excluding tert-OH is 1. The second-order valence-electron chi connectivity index (χ2n) is 8.93. The van der Waals surface area contributed by atoms with E-state index in [0.717, 1.165) is 16.7 Å². The predicted octanol–water partition coefficient (Wildman–Crippen LogP) is 3.01. The Morgan fingerprint density at radius 2 is 1.62 bits per heavy atom. The van der Waals surface area contributed by atoms with Crippen LogP contribution >= 0.6 is 0 Å². The van der Waals surface area contributed by atoms with E-state index >= 15 is 0 Å². The highest BCUT2D eigenvalue weighted by atomic mass is 16.6. The second-order valence-corrected chi connectivity index (χ2v) is 8.93. The summed E-state index contributed by atoms with van der Waals surface area (Å²) < 4.78 is 27.0. The fourth-order valence-corrected chi connectivity index (χ4v) is 3.69. The molecule has 0 aliphatic rings. The van der Waals surface area contributed by atoms with Gasteiger partial charge in [0.05, 0.1) is 51.9 Å². The molecule has 0 saturated carbocycles. The Balaban J connectivity index is 1.39. The number of aliphatic hydroxyl groups is 1. The molecule has 12 heteroatoms. The lowest BCUT2D eigenvalue weighted by Crippen LogP contribution is -2.28. The number of alkyl carbamates (subject to hydrolysis) is 1. The first-order valence-corrected chi connectivity index (χ1v) is 13.6. The van der Waals surface area contributed by atoms with Crippen LogP contribution in [-0.4, -0.2) is 85.0 Å². The van der Waals surface area contributed by atoms with Gasteiger partial charge in [-0.15, -0.1) is 0 Å². The van der Waals surface area contributed by atoms with Crippen LogP contribution in [0, 0.1) is 0 Å². The quantitative estimate of drug-likeness (QED) is 0.168. The van der Waals surface area contributed by atoms with Crippen LogP contribution < -0.4 is 10.1 Å². The topological polar surface area (TPSA) is 159 Å². The number of rotatable bonds is 20. The van der Waals surface area contributed by atoms with Gasteiger partial charge in [-0.3, -0.25) is 4.79 Å². The molecule has 0 fully saturated rings. The van der Waals surface area contributed by atoms with Gasteiger partial charge in [-0.2, -0.15) is 0 Å². The van der Waals surface area contributed by atoms with E-state index in [0.29, 0.717) is 69.9 Å². The highest BCUT2D eigenvalue weighted by molar-refractivity contribution is 5.67. The van der Waals surface area contributed by atoms with Crippen LogP contribution in [0.5, 0.6) is 5.75 Å². The standard InChI is InChI=1S/C30H37N3O9/c34-13-15-39-17-19-40-18-16-38-14-12-32-30(37)42-21-23-4-3-6-25(20-23)29-31-11-10-26(33-29)22-41-27-7-2-1-5-24(27)8-9-28(35)36/h1-7,10-11,20,34H,8-9,12-19,21-22H2,(H,32,37)(H,35,36). The van der Waals surface area contributed by atoms with E-state index < -0.39 is 12.1 Å². The lowest BCUT2D eigenvalue weighted by atomic mass is 10.1. The number of carbonyl (C=O) groups excluding carboxylic acids is 1. The van der Waals surface area contributed by atoms with E-state index in [2.05, 4.69) is 15.3 Å². The first-order chi connectivity index (χ1) is 20.5. The van der Waals surface area contributed by atoms with Gasteiger partial charge < -0.3 is 39.2 Å². The van der Waals surface area contributed by atoms with Crippen molar-refractivity contribution in [2.45, 2.75) is 26.1 Å². The van der Waals surface area contributed by atoms with Crippen LogP contribution in [0.2, 0.25) is 0 Å². The summed E-state index contributed by atoms with van der Waals surface area (Å²) in [6.07, 6.45) is 1.49. The Bertz CT molecular complexity index is 1240. The maximum absolute atomic E-state index is 12.1. The van der Waals surface area contributed by atoms with Gasteiger partial charge in [0, 0.05) is 24.7 Å². The minimum absolute atomic E-state index is 0.0111. The molecule has 3 N–H and O–H groups in total. The largest absolute Gasteiger partial charge is 0.487 e. The number of aliphatic carboxylic acids is 1. The molecule has 0 atom stereocenters. The summed E-state index contributed by atoms with van der Waals surface area (Å²) in [7, 11) is 0. The Kier molecular flexibility index (Phi) is 14.7. The fourth-order valence-electron chi connectivity index (χ4n) is 3.69. The Morgan fingerprint density at radius 3 is 2.40 bits per heavy atom. The number of carboxylic acid groups (broad SMARTS) is 1. The molecule has 0 unspecified atom stereocenters.